The van der Waals surface area contributed by atoms with Crippen LogP contribution in [0, 0.1) is 0 Å². The van der Waals surface area contributed by atoms with Crippen molar-refractivity contribution >= 4 is 12.7 Å². The van der Waals surface area contributed by atoms with E-state index >= 15 is 0 Å². The van der Waals surface area contributed by atoms with Crippen LogP contribution in [0.5, 0.6) is 0 Å². The molecule has 80 valence electrons. The summed E-state index contributed by atoms with van der Waals surface area (Å²) in [5.74, 6) is 0. The standard InChI is InChI=1S/C12H15NO2/c1-10(8-14)13(9-15)11(2)12-6-4-3-5-7-12/h3-11H,1-2H3/t10?,11-/m0/s1. The molecule has 0 bridgehead atoms. The quantitative estimate of drug-likeness (QED) is 0.687. The lowest BCUT2D eigenvalue weighted by atomic mass is 10.1. The maximum Gasteiger partial charge on any atom is 0.210 e. The van der Waals surface area contributed by atoms with Crippen molar-refractivity contribution < 1.29 is 9.59 Å². The fraction of sp³-hybridized carbons (Fsp3) is 0.333. The van der Waals surface area contributed by atoms with Gasteiger partial charge in [0, 0.05) is 0 Å². The topological polar surface area (TPSA) is 37.4 Å². The Balaban J connectivity index is 2.86. The van der Waals surface area contributed by atoms with Gasteiger partial charge in [0.1, 0.15) is 6.29 Å². The van der Waals surface area contributed by atoms with Gasteiger partial charge in [0.25, 0.3) is 0 Å². The van der Waals surface area contributed by atoms with E-state index in [1.165, 1.54) is 4.90 Å². The Bertz CT molecular complexity index is 324. The minimum Gasteiger partial charge on any atom is -0.329 e. The molecule has 15 heavy (non-hydrogen) atoms. The van der Waals surface area contributed by atoms with Gasteiger partial charge in [0.05, 0.1) is 12.1 Å². The Morgan fingerprint density at radius 3 is 2.20 bits per heavy atom. The zero-order valence-electron chi connectivity index (χ0n) is 8.96. The van der Waals surface area contributed by atoms with Gasteiger partial charge in [-0.15, -0.1) is 0 Å². The van der Waals surface area contributed by atoms with Crippen LogP contribution in [0.15, 0.2) is 30.3 Å². The van der Waals surface area contributed by atoms with Gasteiger partial charge in [-0.25, -0.2) is 0 Å². The van der Waals surface area contributed by atoms with Crippen molar-refractivity contribution in [3.05, 3.63) is 35.9 Å². The zero-order valence-corrected chi connectivity index (χ0v) is 8.96. The minimum absolute atomic E-state index is 0.0797. The second-order valence-corrected chi connectivity index (χ2v) is 3.52. The molecule has 0 saturated carbocycles. The fourth-order valence-electron chi connectivity index (χ4n) is 1.51. The van der Waals surface area contributed by atoms with Crippen molar-refractivity contribution in [3.63, 3.8) is 0 Å². The van der Waals surface area contributed by atoms with Gasteiger partial charge < -0.3 is 9.69 Å². The molecule has 1 amide bonds. The van der Waals surface area contributed by atoms with Gasteiger partial charge in [-0.2, -0.15) is 0 Å². The van der Waals surface area contributed by atoms with E-state index < -0.39 is 6.04 Å². The van der Waals surface area contributed by atoms with Crippen LogP contribution in [-0.2, 0) is 9.59 Å². The number of amides is 1. The van der Waals surface area contributed by atoms with Crippen LogP contribution in [0.1, 0.15) is 25.5 Å². The summed E-state index contributed by atoms with van der Waals surface area (Å²) in [6, 6.07) is 9.17. The maximum absolute atomic E-state index is 10.9. The number of rotatable bonds is 5. The monoisotopic (exact) mass is 205 g/mol. The number of nitrogens with zero attached hydrogens (tertiary/aromatic N) is 1. The van der Waals surface area contributed by atoms with Crippen molar-refractivity contribution in [1.29, 1.82) is 0 Å². The van der Waals surface area contributed by atoms with E-state index in [4.69, 9.17) is 0 Å². The number of aldehydes is 1. The highest BCUT2D eigenvalue weighted by Gasteiger charge is 2.18. The largest absolute Gasteiger partial charge is 0.329 e. The molecule has 0 heterocycles. The minimum atomic E-state index is -0.391. The normalized spacial score (nSPS) is 14.0. The van der Waals surface area contributed by atoms with E-state index in [2.05, 4.69) is 0 Å². The van der Waals surface area contributed by atoms with Gasteiger partial charge in [0.15, 0.2) is 0 Å². The molecule has 3 nitrogen and oxygen atoms in total. The Labute approximate surface area is 89.7 Å². The van der Waals surface area contributed by atoms with E-state index in [9.17, 15) is 9.59 Å². The SMILES string of the molecule is CC(C=O)N(C=O)[C@@H](C)c1ccccc1. The van der Waals surface area contributed by atoms with E-state index in [0.29, 0.717) is 0 Å². The van der Waals surface area contributed by atoms with Crippen LogP contribution in [0.3, 0.4) is 0 Å². The van der Waals surface area contributed by atoms with Crippen molar-refractivity contribution in [3.8, 4) is 0 Å². The second kappa shape index (κ2) is 5.29. The third-order valence-electron chi connectivity index (χ3n) is 2.52. The van der Waals surface area contributed by atoms with Crippen molar-refractivity contribution in [2.24, 2.45) is 0 Å². The molecule has 0 saturated heterocycles. The number of hydrogen-bond donors (Lipinski definition) is 0. The summed E-state index contributed by atoms with van der Waals surface area (Å²) in [6.07, 6.45) is 1.49. The number of carbonyl (C=O) groups excluding carboxylic acids is 2. The lowest BCUT2D eigenvalue weighted by Crippen LogP contribution is -2.35. The molecule has 0 aromatic heterocycles. The van der Waals surface area contributed by atoms with Gasteiger partial charge >= 0.3 is 0 Å². The molecule has 3 heteroatoms. The first-order valence-corrected chi connectivity index (χ1v) is 4.93. The van der Waals surface area contributed by atoms with Crippen molar-refractivity contribution in [2.75, 3.05) is 0 Å². The predicted molar refractivity (Wildman–Crippen MR) is 58.3 cm³/mol. The van der Waals surface area contributed by atoms with Crippen LogP contribution in [0.2, 0.25) is 0 Å². The molecular weight excluding hydrogens is 190 g/mol. The summed E-state index contributed by atoms with van der Waals surface area (Å²) < 4.78 is 0. The highest BCUT2D eigenvalue weighted by molar-refractivity contribution is 5.63. The maximum atomic E-state index is 10.9. The van der Waals surface area contributed by atoms with Crippen LogP contribution in [-0.4, -0.2) is 23.6 Å². The highest BCUT2D eigenvalue weighted by Crippen LogP contribution is 2.19. The fourth-order valence-corrected chi connectivity index (χ4v) is 1.51. The molecule has 2 atom stereocenters. The Morgan fingerprint density at radius 1 is 1.13 bits per heavy atom. The van der Waals surface area contributed by atoms with Crippen LogP contribution < -0.4 is 0 Å². The molecule has 0 N–H and O–H groups in total. The number of benzene rings is 1. The molecule has 1 rings (SSSR count). The molecule has 1 unspecified atom stereocenters. The summed E-state index contributed by atoms with van der Waals surface area (Å²) in [7, 11) is 0. The Morgan fingerprint density at radius 2 is 1.73 bits per heavy atom. The Kier molecular flexibility index (Phi) is 4.03. The first kappa shape index (κ1) is 11.4. The molecule has 0 fully saturated rings. The highest BCUT2D eigenvalue weighted by atomic mass is 16.1. The molecule has 1 aromatic carbocycles. The van der Waals surface area contributed by atoms with Crippen LogP contribution in [0.4, 0.5) is 0 Å². The summed E-state index contributed by atoms with van der Waals surface area (Å²) >= 11 is 0. The van der Waals surface area contributed by atoms with E-state index in [1.54, 1.807) is 6.92 Å². The van der Waals surface area contributed by atoms with Crippen LogP contribution >= 0.6 is 0 Å². The molecule has 0 aliphatic carbocycles. The smallest absolute Gasteiger partial charge is 0.210 e. The molecule has 0 radical (unpaired) electrons. The average Bonchev–Trinajstić information content (AvgIpc) is 2.30. The molecule has 1 aromatic rings. The summed E-state index contributed by atoms with van der Waals surface area (Å²) in [5.41, 5.74) is 1.03. The van der Waals surface area contributed by atoms with Crippen molar-refractivity contribution in [1.82, 2.24) is 4.90 Å². The van der Waals surface area contributed by atoms with Gasteiger partial charge in [-0.3, -0.25) is 4.79 Å². The molecule has 0 aliphatic heterocycles. The predicted octanol–water partition coefficient (Wildman–Crippen LogP) is 1.79. The van der Waals surface area contributed by atoms with Gasteiger partial charge in [0.2, 0.25) is 6.41 Å². The first-order chi connectivity index (χ1) is 7.20. The number of carbonyl (C=O) groups is 2. The lowest BCUT2D eigenvalue weighted by Gasteiger charge is -2.28. The van der Waals surface area contributed by atoms with Crippen LogP contribution in [0.25, 0.3) is 0 Å². The van der Waals surface area contributed by atoms with Crippen molar-refractivity contribution in [2.45, 2.75) is 25.9 Å². The number of hydrogen-bond acceptors (Lipinski definition) is 2. The second-order valence-electron chi connectivity index (χ2n) is 3.52. The van der Waals surface area contributed by atoms with E-state index in [1.807, 2.05) is 37.3 Å². The van der Waals surface area contributed by atoms with Gasteiger partial charge in [-0.1, -0.05) is 30.3 Å². The van der Waals surface area contributed by atoms with E-state index in [0.717, 1.165) is 18.3 Å². The van der Waals surface area contributed by atoms with E-state index in [-0.39, 0.29) is 6.04 Å². The summed E-state index contributed by atoms with van der Waals surface area (Å²) in [4.78, 5) is 23.0. The third kappa shape index (κ3) is 2.65. The average molecular weight is 205 g/mol. The molecule has 0 spiro atoms. The first-order valence-electron chi connectivity index (χ1n) is 4.93. The molecular formula is C12H15NO2. The molecule has 0 aliphatic rings. The summed E-state index contributed by atoms with van der Waals surface area (Å²) in [6.45, 7) is 3.62. The third-order valence-corrected chi connectivity index (χ3v) is 2.52. The Hall–Kier alpha value is -1.64. The van der Waals surface area contributed by atoms with Gasteiger partial charge in [-0.05, 0) is 19.4 Å². The lowest BCUT2D eigenvalue weighted by molar-refractivity contribution is -0.127. The summed E-state index contributed by atoms with van der Waals surface area (Å²) in [5, 5.41) is 0. The zero-order chi connectivity index (χ0) is 11.3.